The molecule has 2 N–H and O–H groups in total. The van der Waals surface area contributed by atoms with Crippen molar-refractivity contribution in [3.8, 4) is 6.19 Å². The van der Waals surface area contributed by atoms with Gasteiger partial charge in [-0.1, -0.05) is 0 Å². The highest BCUT2D eigenvalue weighted by Crippen LogP contribution is 2.05. The van der Waals surface area contributed by atoms with Gasteiger partial charge in [0.1, 0.15) is 0 Å². The minimum Gasteiger partial charge on any atom is -0.602 e. The Morgan fingerprint density at radius 1 is 1.53 bits per heavy atom. The Labute approximate surface area is 86.2 Å². The van der Waals surface area contributed by atoms with Crippen LogP contribution in [0.1, 0.15) is 10.4 Å². The molecule has 0 aliphatic rings. The fourth-order valence-corrected chi connectivity index (χ4v) is 0.998. The molecular weight excluding hydrogens is 198 g/mol. The van der Waals surface area contributed by atoms with Gasteiger partial charge in [-0.25, -0.2) is 9.97 Å². The van der Waals surface area contributed by atoms with Gasteiger partial charge in [-0.2, -0.15) is 10.7 Å². The van der Waals surface area contributed by atoms with E-state index in [-0.39, 0.29) is 0 Å². The summed E-state index contributed by atoms with van der Waals surface area (Å²) in [6.45, 7) is 0. The highest BCUT2D eigenvalue weighted by atomic mass is 16.5. The molecule has 0 aliphatic heterocycles. The molecule has 0 amide bonds. The van der Waals surface area contributed by atoms with E-state index in [1.807, 2.05) is 5.43 Å². The van der Waals surface area contributed by atoms with E-state index in [1.165, 1.54) is 37.6 Å². The van der Waals surface area contributed by atoms with Crippen LogP contribution < -0.4 is 10.6 Å². The van der Waals surface area contributed by atoms with Crippen molar-refractivity contribution in [2.24, 2.45) is 0 Å². The predicted octanol–water partition coefficient (Wildman–Crippen LogP) is -0.527. The second kappa shape index (κ2) is 4.95. The number of ether oxygens (including phenoxy) is 1. The topological polar surface area (TPSA) is 89.6 Å². The lowest BCUT2D eigenvalue weighted by atomic mass is 10.2. The van der Waals surface area contributed by atoms with Gasteiger partial charge in [-0.05, 0) is 12.1 Å². The lowest BCUT2D eigenvalue weighted by Gasteiger charge is -2.17. The molecule has 0 aliphatic carbocycles. The first kappa shape index (κ1) is 11.0. The normalized spacial score (nSPS) is 11.3. The molecule has 15 heavy (non-hydrogen) atoms. The molecule has 6 nitrogen and oxygen atoms in total. The molecule has 0 spiro atoms. The lowest BCUT2D eigenvalue weighted by molar-refractivity contribution is -0.819. The monoisotopic (exact) mass is 207 g/mol. The zero-order valence-electron chi connectivity index (χ0n) is 7.98. The summed E-state index contributed by atoms with van der Waals surface area (Å²) in [5.41, 5.74) is 2.64. The number of carbonyl (C=O) groups excluding carboxylic acids is 1. The van der Waals surface area contributed by atoms with Crippen molar-refractivity contribution in [3.05, 3.63) is 35.0 Å². The maximum atomic E-state index is 11.1. The van der Waals surface area contributed by atoms with Crippen molar-refractivity contribution in [3.63, 3.8) is 0 Å². The summed E-state index contributed by atoms with van der Waals surface area (Å²) >= 11 is 0. The van der Waals surface area contributed by atoms with Crippen molar-refractivity contribution < 1.29 is 14.7 Å². The second-order valence-corrected chi connectivity index (χ2v) is 2.63. The Morgan fingerprint density at radius 3 is 2.60 bits per heavy atom. The van der Waals surface area contributed by atoms with E-state index >= 15 is 0 Å². The molecular formula is C9H9N3O3. The first-order valence-electron chi connectivity index (χ1n) is 4.07. The molecule has 0 saturated carbocycles. The summed E-state index contributed by atoms with van der Waals surface area (Å²) in [4.78, 5) is 11.0. The maximum absolute atomic E-state index is 11.1. The number of hydrogen-bond donors (Lipinski definition) is 2. The lowest BCUT2D eigenvalue weighted by Crippen LogP contribution is -3.08. The molecule has 0 aromatic heterocycles. The van der Waals surface area contributed by atoms with E-state index in [0.717, 1.165) is 0 Å². The third kappa shape index (κ3) is 2.67. The highest BCUT2D eigenvalue weighted by molar-refractivity contribution is 5.89. The van der Waals surface area contributed by atoms with Gasteiger partial charge in [-0.3, -0.25) is 0 Å². The largest absolute Gasteiger partial charge is 0.602 e. The Balaban J connectivity index is 2.81. The van der Waals surface area contributed by atoms with Crippen LogP contribution in [-0.4, -0.2) is 13.1 Å². The molecule has 0 saturated heterocycles. The average Bonchev–Trinajstić information content (AvgIpc) is 2.28. The van der Waals surface area contributed by atoms with E-state index in [0.29, 0.717) is 11.3 Å². The summed E-state index contributed by atoms with van der Waals surface area (Å²) in [6, 6.07) is 5.80. The fraction of sp³-hybridized carbons (Fsp3) is 0.111. The third-order valence-electron chi connectivity index (χ3n) is 1.74. The van der Waals surface area contributed by atoms with Crippen LogP contribution in [0, 0.1) is 16.7 Å². The Bertz CT molecular complexity index is 383. The predicted molar refractivity (Wildman–Crippen MR) is 50.5 cm³/mol. The average molecular weight is 207 g/mol. The minimum atomic E-state index is -0.506. The highest BCUT2D eigenvalue weighted by Gasteiger charge is 2.06. The smallest absolute Gasteiger partial charge is 0.337 e. The molecule has 0 bridgehead atoms. The number of benzene rings is 1. The van der Waals surface area contributed by atoms with Gasteiger partial charge >= 0.3 is 5.97 Å². The molecule has 1 unspecified atom stereocenters. The summed E-state index contributed by atoms with van der Waals surface area (Å²) < 4.78 is 4.49. The van der Waals surface area contributed by atoms with Gasteiger partial charge in [0.15, 0.2) is 5.69 Å². The number of carbonyl (C=O) groups is 1. The van der Waals surface area contributed by atoms with Gasteiger partial charge in [0.2, 0.25) is 6.19 Å². The van der Waals surface area contributed by atoms with Gasteiger partial charge in [0.05, 0.1) is 12.7 Å². The zero-order valence-corrected chi connectivity index (χ0v) is 7.98. The van der Waals surface area contributed by atoms with E-state index in [1.54, 1.807) is 0 Å². The van der Waals surface area contributed by atoms with E-state index in [4.69, 9.17) is 5.26 Å². The van der Waals surface area contributed by atoms with Gasteiger partial charge in [-0.15, -0.1) is 0 Å². The van der Waals surface area contributed by atoms with Gasteiger partial charge < -0.3 is 9.94 Å². The molecule has 0 heterocycles. The Kier molecular flexibility index (Phi) is 3.62. The number of methoxy groups -OCH3 is 1. The standard InChI is InChI=1S/C9H9N3O3/c1-15-9(13)7-2-4-8(5-3-7)12(14)11-6-10/h2-5,11-12H,1H3. The van der Waals surface area contributed by atoms with E-state index in [9.17, 15) is 10.0 Å². The number of quaternary nitrogens is 1. The molecule has 1 rings (SSSR count). The molecule has 0 radical (unpaired) electrons. The van der Waals surface area contributed by atoms with Gasteiger partial charge in [0, 0.05) is 12.1 Å². The van der Waals surface area contributed by atoms with Crippen molar-refractivity contribution in [1.82, 2.24) is 5.43 Å². The van der Waals surface area contributed by atoms with Crippen molar-refractivity contribution in [2.75, 3.05) is 7.11 Å². The number of nitrogens with zero attached hydrogens (tertiary/aromatic N) is 1. The van der Waals surface area contributed by atoms with E-state index < -0.39 is 11.1 Å². The van der Waals surface area contributed by atoms with Crippen LogP contribution in [0.15, 0.2) is 24.3 Å². The SMILES string of the molecule is COC(=O)c1ccc([NH+]([O-])NC#N)cc1. The molecule has 78 valence electrons. The maximum Gasteiger partial charge on any atom is 0.337 e. The molecule has 1 aromatic rings. The van der Waals surface area contributed by atoms with Crippen LogP contribution in [0.25, 0.3) is 0 Å². The first-order chi connectivity index (χ1) is 7.19. The van der Waals surface area contributed by atoms with Crippen LogP contribution in [0.2, 0.25) is 0 Å². The minimum absolute atomic E-state index is 0.309. The number of nitrogens with one attached hydrogen (secondary N) is 2. The molecule has 1 aromatic carbocycles. The Morgan fingerprint density at radius 2 is 2.13 bits per heavy atom. The molecule has 0 fully saturated rings. The summed E-state index contributed by atoms with van der Waals surface area (Å²) in [6.07, 6.45) is 1.52. The third-order valence-corrected chi connectivity index (χ3v) is 1.74. The zero-order chi connectivity index (χ0) is 11.3. The first-order valence-corrected chi connectivity index (χ1v) is 4.07. The van der Waals surface area contributed by atoms with E-state index in [2.05, 4.69) is 4.74 Å². The second-order valence-electron chi connectivity index (χ2n) is 2.63. The molecule has 6 heteroatoms. The van der Waals surface area contributed by atoms with Crippen LogP contribution in [-0.2, 0) is 4.74 Å². The fourth-order valence-electron chi connectivity index (χ4n) is 0.998. The number of nitriles is 1. The van der Waals surface area contributed by atoms with Crippen LogP contribution in [0.3, 0.4) is 0 Å². The molecule has 1 atom stereocenters. The number of esters is 1. The van der Waals surface area contributed by atoms with Crippen molar-refractivity contribution in [2.45, 2.75) is 0 Å². The Hall–Kier alpha value is -2.10. The van der Waals surface area contributed by atoms with Crippen LogP contribution in [0.4, 0.5) is 5.69 Å². The van der Waals surface area contributed by atoms with Gasteiger partial charge in [0.25, 0.3) is 0 Å². The number of rotatable bonds is 3. The van der Waals surface area contributed by atoms with Crippen LogP contribution >= 0.6 is 0 Å². The van der Waals surface area contributed by atoms with Crippen LogP contribution in [0.5, 0.6) is 0 Å². The number of hydrogen-bond acceptors (Lipinski definition) is 5. The summed E-state index contributed by atoms with van der Waals surface area (Å²) in [5, 5.41) is 18.9. The quantitative estimate of drug-likeness (QED) is 0.301. The summed E-state index contributed by atoms with van der Waals surface area (Å²) in [5.74, 6) is -0.470. The summed E-state index contributed by atoms with van der Waals surface area (Å²) in [7, 11) is 1.28. The van der Waals surface area contributed by atoms with Crippen molar-refractivity contribution in [1.29, 1.82) is 5.26 Å². The van der Waals surface area contributed by atoms with Crippen molar-refractivity contribution >= 4 is 11.7 Å².